The lowest BCUT2D eigenvalue weighted by molar-refractivity contribution is -0.116. The average Bonchev–Trinajstić information content (AvgIpc) is 2.50. The van der Waals surface area contributed by atoms with E-state index in [1.807, 2.05) is 26.2 Å². The lowest BCUT2D eigenvalue weighted by Crippen LogP contribution is -2.14. The number of thiazole rings is 1. The summed E-state index contributed by atoms with van der Waals surface area (Å²) < 4.78 is 0. The maximum absolute atomic E-state index is 11.4. The van der Waals surface area contributed by atoms with Crippen LogP contribution in [0.25, 0.3) is 0 Å². The summed E-state index contributed by atoms with van der Waals surface area (Å²) in [5.74, 6) is 0.369. The van der Waals surface area contributed by atoms with E-state index in [-0.39, 0.29) is 11.9 Å². The Kier molecular flexibility index (Phi) is 4.23. The van der Waals surface area contributed by atoms with E-state index in [1.165, 1.54) is 11.3 Å². The molecule has 1 amide bonds. The van der Waals surface area contributed by atoms with Crippen molar-refractivity contribution in [3.8, 4) is 0 Å². The second-order valence-corrected chi connectivity index (χ2v) is 4.87. The molecule has 4 nitrogen and oxygen atoms in total. The smallest absolute Gasteiger partial charge is 0.226 e. The van der Waals surface area contributed by atoms with E-state index in [9.17, 15) is 4.79 Å². The molecule has 0 saturated carbocycles. The van der Waals surface area contributed by atoms with E-state index in [0.717, 1.165) is 5.69 Å². The van der Waals surface area contributed by atoms with Crippen molar-refractivity contribution in [2.75, 3.05) is 5.32 Å². The van der Waals surface area contributed by atoms with Crippen LogP contribution in [0.4, 0.5) is 5.13 Å². The number of carbonyl (C=O) groups excluding carboxylic acids is 1. The zero-order valence-corrected chi connectivity index (χ0v) is 10.1. The van der Waals surface area contributed by atoms with Gasteiger partial charge in [0.1, 0.15) is 0 Å². The van der Waals surface area contributed by atoms with Gasteiger partial charge < -0.3 is 11.1 Å². The molecule has 5 heteroatoms. The highest BCUT2D eigenvalue weighted by Crippen LogP contribution is 2.19. The van der Waals surface area contributed by atoms with Crippen molar-refractivity contribution in [2.24, 2.45) is 11.7 Å². The maximum Gasteiger partial charge on any atom is 0.226 e. The molecule has 84 valence electrons. The van der Waals surface area contributed by atoms with Gasteiger partial charge in [-0.1, -0.05) is 13.8 Å². The Labute approximate surface area is 93.9 Å². The van der Waals surface area contributed by atoms with Crippen molar-refractivity contribution in [3.05, 3.63) is 11.1 Å². The molecule has 1 rings (SSSR count). The van der Waals surface area contributed by atoms with Gasteiger partial charge in [0.25, 0.3) is 0 Å². The SMILES string of the molecule is CC(C)CC(=O)Nc1nc(C(C)N)cs1. The number of nitrogens with two attached hydrogens (primary N) is 1. The third-order valence-corrected chi connectivity index (χ3v) is 2.60. The minimum Gasteiger partial charge on any atom is -0.323 e. The van der Waals surface area contributed by atoms with Gasteiger partial charge in [0.15, 0.2) is 5.13 Å². The number of amides is 1. The second-order valence-electron chi connectivity index (χ2n) is 4.01. The third-order valence-electron chi connectivity index (χ3n) is 1.83. The highest BCUT2D eigenvalue weighted by atomic mass is 32.1. The first-order valence-electron chi connectivity index (χ1n) is 5.00. The first kappa shape index (κ1) is 12.1. The van der Waals surface area contributed by atoms with Crippen molar-refractivity contribution < 1.29 is 4.79 Å². The Morgan fingerprint density at radius 1 is 1.60 bits per heavy atom. The molecular weight excluding hydrogens is 210 g/mol. The molecule has 1 aromatic rings. The van der Waals surface area contributed by atoms with Gasteiger partial charge in [0, 0.05) is 17.8 Å². The van der Waals surface area contributed by atoms with Gasteiger partial charge in [-0.15, -0.1) is 11.3 Å². The van der Waals surface area contributed by atoms with Gasteiger partial charge in [-0.25, -0.2) is 4.98 Å². The van der Waals surface area contributed by atoms with E-state index in [2.05, 4.69) is 10.3 Å². The van der Waals surface area contributed by atoms with Crippen molar-refractivity contribution in [3.63, 3.8) is 0 Å². The van der Waals surface area contributed by atoms with Gasteiger partial charge in [-0.2, -0.15) is 0 Å². The summed E-state index contributed by atoms with van der Waals surface area (Å²) in [5.41, 5.74) is 6.49. The normalized spacial score (nSPS) is 12.9. The highest BCUT2D eigenvalue weighted by molar-refractivity contribution is 7.13. The third kappa shape index (κ3) is 3.97. The summed E-state index contributed by atoms with van der Waals surface area (Å²) in [5, 5.41) is 5.26. The standard InChI is InChI=1S/C10H17N3OS/c1-6(2)4-9(14)13-10-12-8(5-15-10)7(3)11/h5-7H,4,11H2,1-3H3,(H,12,13,14). The minimum atomic E-state index is -0.0861. The van der Waals surface area contributed by atoms with E-state index in [4.69, 9.17) is 5.73 Å². The first-order chi connectivity index (χ1) is 6.99. The Hall–Kier alpha value is -0.940. The molecule has 0 aliphatic carbocycles. The van der Waals surface area contributed by atoms with Crippen LogP contribution in [-0.2, 0) is 4.79 Å². The summed E-state index contributed by atoms with van der Waals surface area (Å²) >= 11 is 1.41. The number of rotatable bonds is 4. The van der Waals surface area contributed by atoms with Gasteiger partial charge in [0.2, 0.25) is 5.91 Å². The Bertz CT molecular complexity index is 333. The molecule has 0 radical (unpaired) electrons. The summed E-state index contributed by atoms with van der Waals surface area (Å²) in [6, 6.07) is -0.0861. The number of anilines is 1. The van der Waals surface area contributed by atoms with Crippen LogP contribution in [0.15, 0.2) is 5.38 Å². The Morgan fingerprint density at radius 2 is 2.27 bits per heavy atom. The number of hydrogen-bond acceptors (Lipinski definition) is 4. The largest absolute Gasteiger partial charge is 0.323 e. The molecular formula is C10H17N3OS. The molecule has 0 bridgehead atoms. The predicted octanol–water partition coefficient (Wildman–Crippen LogP) is 2.15. The van der Waals surface area contributed by atoms with Crippen LogP contribution in [-0.4, -0.2) is 10.9 Å². The van der Waals surface area contributed by atoms with E-state index in [0.29, 0.717) is 17.5 Å². The first-order valence-corrected chi connectivity index (χ1v) is 5.88. The Balaban J connectivity index is 2.53. The number of hydrogen-bond donors (Lipinski definition) is 2. The Morgan fingerprint density at radius 3 is 2.73 bits per heavy atom. The quantitative estimate of drug-likeness (QED) is 0.828. The summed E-state index contributed by atoms with van der Waals surface area (Å²) in [6.07, 6.45) is 0.521. The molecule has 1 unspecified atom stereocenters. The molecule has 3 N–H and O–H groups in total. The van der Waals surface area contributed by atoms with E-state index in [1.54, 1.807) is 0 Å². The summed E-state index contributed by atoms with van der Waals surface area (Å²) in [4.78, 5) is 15.6. The lowest BCUT2D eigenvalue weighted by atomic mass is 10.1. The van der Waals surface area contributed by atoms with Crippen LogP contribution in [0.5, 0.6) is 0 Å². The van der Waals surface area contributed by atoms with Crippen LogP contribution in [0.3, 0.4) is 0 Å². The fourth-order valence-electron chi connectivity index (χ4n) is 1.09. The fourth-order valence-corrected chi connectivity index (χ4v) is 1.92. The lowest BCUT2D eigenvalue weighted by Gasteiger charge is -2.03. The zero-order valence-electron chi connectivity index (χ0n) is 9.28. The molecule has 0 aliphatic heterocycles. The molecule has 0 spiro atoms. The molecule has 15 heavy (non-hydrogen) atoms. The molecule has 0 aromatic carbocycles. The molecule has 1 heterocycles. The van der Waals surface area contributed by atoms with E-state index < -0.39 is 0 Å². The number of nitrogens with one attached hydrogen (secondary N) is 1. The van der Waals surface area contributed by atoms with Crippen LogP contribution in [0.1, 0.15) is 38.9 Å². The number of carbonyl (C=O) groups is 1. The van der Waals surface area contributed by atoms with Crippen LogP contribution in [0, 0.1) is 5.92 Å². The van der Waals surface area contributed by atoms with Crippen LogP contribution >= 0.6 is 11.3 Å². The summed E-state index contributed by atoms with van der Waals surface area (Å²) in [7, 11) is 0. The van der Waals surface area contributed by atoms with Gasteiger partial charge in [-0.3, -0.25) is 4.79 Å². The van der Waals surface area contributed by atoms with Gasteiger partial charge in [0.05, 0.1) is 5.69 Å². The highest BCUT2D eigenvalue weighted by Gasteiger charge is 2.09. The van der Waals surface area contributed by atoms with Gasteiger partial charge in [-0.05, 0) is 12.8 Å². The van der Waals surface area contributed by atoms with Crippen molar-refractivity contribution in [1.29, 1.82) is 0 Å². The topological polar surface area (TPSA) is 68.0 Å². The minimum absolute atomic E-state index is 0.00979. The monoisotopic (exact) mass is 227 g/mol. The number of nitrogens with zero attached hydrogens (tertiary/aromatic N) is 1. The maximum atomic E-state index is 11.4. The number of aromatic nitrogens is 1. The molecule has 0 aliphatic rings. The van der Waals surface area contributed by atoms with E-state index >= 15 is 0 Å². The predicted molar refractivity (Wildman–Crippen MR) is 62.8 cm³/mol. The van der Waals surface area contributed by atoms with Crippen molar-refractivity contribution in [2.45, 2.75) is 33.2 Å². The molecule has 0 saturated heterocycles. The van der Waals surface area contributed by atoms with Crippen LogP contribution in [0.2, 0.25) is 0 Å². The molecule has 1 atom stereocenters. The average molecular weight is 227 g/mol. The molecule has 1 aromatic heterocycles. The van der Waals surface area contributed by atoms with Crippen molar-refractivity contribution in [1.82, 2.24) is 4.98 Å². The fraction of sp³-hybridized carbons (Fsp3) is 0.600. The van der Waals surface area contributed by atoms with Crippen LogP contribution < -0.4 is 11.1 Å². The van der Waals surface area contributed by atoms with Crippen molar-refractivity contribution >= 4 is 22.4 Å². The molecule has 0 fully saturated rings. The van der Waals surface area contributed by atoms with Gasteiger partial charge >= 0.3 is 0 Å². The summed E-state index contributed by atoms with van der Waals surface area (Å²) in [6.45, 7) is 5.89. The second kappa shape index (κ2) is 5.23. The zero-order chi connectivity index (χ0) is 11.4.